The predicted molar refractivity (Wildman–Crippen MR) is 73.9 cm³/mol. The van der Waals surface area contributed by atoms with E-state index in [2.05, 4.69) is 17.6 Å². The van der Waals surface area contributed by atoms with Gasteiger partial charge in [0.25, 0.3) is 0 Å². The number of aliphatic carboxylic acids is 1. The fourth-order valence-electron chi connectivity index (χ4n) is 2.52. The fraction of sp³-hybridized carbons (Fsp3) is 0.857. The number of hydrogen-bond donors (Lipinski definition) is 3. The van der Waals surface area contributed by atoms with E-state index in [1.165, 1.54) is 12.8 Å². The third-order valence-corrected chi connectivity index (χ3v) is 3.79. The van der Waals surface area contributed by atoms with Gasteiger partial charge in [0.15, 0.2) is 0 Å². The van der Waals surface area contributed by atoms with Gasteiger partial charge in [0.1, 0.15) is 0 Å². The lowest BCUT2D eigenvalue weighted by Gasteiger charge is -2.28. The highest BCUT2D eigenvalue weighted by molar-refractivity contribution is 5.76. The van der Waals surface area contributed by atoms with Gasteiger partial charge in [-0.25, -0.2) is 0 Å². The summed E-state index contributed by atoms with van der Waals surface area (Å²) < 4.78 is 0. The molecule has 0 aromatic carbocycles. The molecule has 1 aliphatic heterocycles. The van der Waals surface area contributed by atoms with Gasteiger partial charge in [0, 0.05) is 19.4 Å². The maximum Gasteiger partial charge on any atom is 0.303 e. The Morgan fingerprint density at radius 3 is 2.84 bits per heavy atom. The standard InChI is InChI=1S/C14H26N2O3/c1-11(12-5-4-7-15-10-12)9-13(17)16-8-3-2-6-14(18)19/h11-12,15H,2-10H2,1H3,(H,16,17)(H,18,19). The third-order valence-electron chi connectivity index (χ3n) is 3.79. The van der Waals surface area contributed by atoms with Crippen LogP contribution in [0.25, 0.3) is 0 Å². The molecule has 1 fully saturated rings. The van der Waals surface area contributed by atoms with Crippen LogP contribution in [0.4, 0.5) is 0 Å². The molecule has 0 bridgehead atoms. The summed E-state index contributed by atoms with van der Waals surface area (Å²) in [5.74, 6) is 0.330. The maximum absolute atomic E-state index is 11.7. The normalized spacial score (nSPS) is 20.8. The van der Waals surface area contributed by atoms with E-state index in [-0.39, 0.29) is 12.3 Å². The first-order chi connectivity index (χ1) is 9.09. The van der Waals surface area contributed by atoms with Crippen molar-refractivity contribution in [3.63, 3.8) is 0 Å². The molecule has 0 saturated carbocycles. The van der Waals surface area contributed by atoms with Crippen molar-refractivity contribution in [2.45, 2.75) is 45.4 Å². The molecule has 19 heavy (non-hydrogen) atoms. The first-order valence-corrected chi connectivity index (χ1v) is 7.29. The van der Waals surface area contributed by atoms with Crippen LogP contribution in [-0.4, -0.2) is 36.6 Å². The van der Waals surface area contributed by atoms with Gasteiger partial charge in [-0.1, -0.05) is 6.92 Å². The van der Waals surface area contributed by atoms with Crippen molar-refractivity contribution in [1.82, 2.24) is 10.6 Å². The molecule has 0 aromatic rings. The Hall–Kier alpha value is -1.10. The molecule has 3 N–H and O–H groups in total. The molecule has 2 unspecified atom stereocenters. The minimum absolute atomic E-state index is 0.0911. The number of carbonyl (C=O) groups is 2. The van der Waals surface area contributed by atoms with Gasteiger partial charge in [0.05, 0.1) is 0 Å². The summed E-state index contributed by atoms with van der Waals surface area (Å²) >= 11 is 0. The van der Waals surface area contributed by atoms with E-state index in [0.29, 0.717) is 31.2 Å². The topological polar surface area (TPSA) is 78.4 Å². The average molecular weight is 270 g/mol. The number of carbonyl (C=O) groups excluding carboxylic acids is 1. The van der Waals surface area contributed by atoms with Gasteiger partial charge in [-0.2, -0.15) is 0 Å². The molecule has 110 valence electrons. The number of amides is 1. The summed E-state index contributed by atoms with van der Waals surface area (Å²) in [5.41, 5.74) is 0. The van der Waals surface area contributed by atoms with Crippen LogP contribution in [0.15, 0.2) is 0 Å². The maximum atomic E-state index is 11.7. The number of nitrogens with one attached hydrogen (secondary N) is 2. The van der Waals surface area contributed by atoms with Gasteiger partial charge in [-0.3, -0.25) is 9.59 Å². The highest BCUT2D eigenvalue weighted by Crippen LogP contribution is 2.22. The molecule has 2 atom stereocenters. The van der Waals surface area contributed by atoms with Crippen LogP contribution in [0.1, 0.15) is 45.4 Å². The molecule has 1 aliphatic rings. The van der Waals surface area contributed by atoms with Crippen LogP contribution in [-0.2, 0) is 9.59 Å². The third kappa shape index (κ3) is 7.15. The summed E-state index contributed by atoms with van der Waals surface area (Å²) in [6.45, 7) is 4.84. The predicted octanol–water partition coefficient (Wildman–Crippen LogP) is 1.38. The van der Waals surface area contributed by atoms with Crippen LogP contribution < -0.4 is 10.6 Å². The lowest BCUT2D eigenvalue weighted by Crippen LogP contribution is -2.35. The van der Waals surface area contributed by atoms with Gasteiger partial charge in [-0.05, 0) is 50.6 Å². The highest BCUT2D eigenvalue weighted by atomic mass is 16.4. The van der Waals surface area contributed by atoms with Crippen molar-refractivity contribution < 1.29 is 14.7 Å². The molecule has 1 amide bonds. The second kappa shape index (κ2) is 8.91. The van der Waals surface area contributed by atoms with Crippen molar-refractivity contribution in [2.75, 3.05) is 19.6 Å². The average Bonchev–Trinajstić information content (AvgIpc) is 2.39. The quantitative estimate of drug-likeness (QED) is 0.582. The van der Waals surface area contributed by atoms with Gasteiger partial charge >= 0.3 is 5.97 Å². The van der Waals surface area contributed by atoms with Crippen molar-refractivity contribution in [3.8, 4) is 0 Å². The SMILES string of the molecule is CC(CC(=O)NCCCCC(=O)O)C1CCCNC1. The molecule has 1 saturated heterocycles. The van der Waals surface area contributed by atoms with Gasteiger partial charge < -0.3 is 15.7 Å². The number of carboxylic acids is 1. The molecule has 0 radical (unpaired) electrons. The number of piperidine rings is 1. The number of unbranched alkanes of at least 4 members (excludes halogenated alkanes) is 1. The molecular formula is C14H26N2O3. The molecule has 0 aliphatic carbocycles. The summed E-state index contributed by atoms with van der Waals surface area (Å²) in [7, 11) is 0. The molecule has 1 rings (SSSR count). The number of hydrogen-bond acceptors (Lipinski definition) is 3. The summed E-state index contributed by atoms with van der Waals surface area (Å²) in [4.78, 5) is 22.1. The Kier molecular flexibility index (Phi) is 7.48. The molecule has 5 nitrogen and oxygen atoms in total. The molecule has 5 heteroatoms. The van der Waals surface area contributed by atoms with E-state index < -0.39 is 5.97 Å². The van der Waals surface area contributed by atoms with E-state index in [9.17, 15) is 9.59 Å². The van der Waals surface area contributed by atoms with Crippen molar-refractivity contribution in [3.05, 3.63) is 0 Å². The van der Waals surface area contributed by atoms with Crippen LogP contribution in [0, 0.1) is 11.8 Å². The Balaban J connectivity index is 2.07. The molecule has 0 aromatic heterocycles. The largest absolute Gasteiger partial charge is 0.481 e. The van der Waals surface area contributed by atoms with Crippen molar-refractivity contribution in [1.29, 1.82) is 0 Å². The van der Waals surface area contributed by atoms with E-state index in [4.69, 9.17) is 5.11 Å². The zero-order valence-corrected chi connectivity index (χ0v) is 11.8. The van der Waals surface area contributed by atoms with E-state index in [1.54, 1.807) is 0 Å². The lowest BCUT2D eigenvalue weighted by molar-refractivity contribution is -0.137. The first-order valence-electron chi connectivity index (χ1n) is 7.29. The minimum atomic E-state index is -0.773. The second-order valence-corrected chi connectivity index (χ2v) is 5.49. The Morgan fingerprint density at radius 1 is 1.42 bits per heavy atom. The van der Waals surface area contributed by atoms with Crippen LogP contribution in [0.5, 0.6) is 0 Å². The first kappa shape index (κ1) is 16.0. The monoisotopic (exact) mass is 270 g/mol. The summed E-state index contributed by atoms with van der Waals surface area (Å²) in [5, 5.41) is 14.7. The lowest BCUT2D eigenvalue weighted by atomic mass is 9.85. The van der Waals surface area contributed by atoms with Crippen LogP contribution in [0.2, 0.25) is 0 Å². The van der Waals surface area contributed by atoms with Gasteiger partial charge in [-0.15, -0.1) is 0 Å². The van der Waals surface area contributed by atoms with Crippen molar-refractivity contribution in [2.24, 2.45) is 11.8 Å². The zero-order chi connectivity index (χ0) is 14.1. The summed E-state index contributed by atoms with van der Waals surface area (Å²) in [6, 6.07) is 0. The van der Waals surface area contributed by atoms with Crippen LogP contribution in [0.3, 0.4) is 0 Å². The zero-order valence-electron chi connectivity index (χ0n) is 11.8. The Morgan fingerprint density at radius 2 is 2.21 bits per heavy atom. The smallest absolute Gasteiger partial charge is 0.303 e. The van der Waals surface area contributed by atoms with E-state index >= 15 is 0 Å². The number of carboxylic acid groups (broad SMARTS) is 1. The molecule has 0 spiro atoms. The van der Waals surface area contributed by atoms with E-state index in [1.807, 2.05) is 0 Å². The Labute approximate surface area is 115 Å². The Bertz CT molecular complexity index is 288. The second-order valence-electron chi connectivity index (χ2n) is 5.49. The van der Waals surface area contributed by atoms with E-state index in [0.717, 1.165) is 19.5 Å². The van der Waals surface area contributed by atoms with Crippen molar-refractivity contribution >= 4 is 11.9 Å². The molecule has 1 heterocycles. The number of rotatable bonds is 8. The summed E-state index contributed by atoms with van der Waals surface area (Å²) in [6.07, 6.45) is 4.52. The van der Waals surface area contributed by atoms with Gasteiger partial charge in [0.2, 0.25) is 5.91 Å². The highest BCUT2D eigenvalue weighted by Gasteiger charge is 2.21. The molecular weight excluding hydrogens is 244 g/mol. The van der Waals surface area contributed by atoms with Crippen LogP contribution >= 0.6 is 0 Å². The minimum Gasteiger partial charge on any atom is -0.481 e. The fourth-order valence-corrected chi connectivity index (χ4v) is 2.52.